The first kappa shape index (κ1) is 15.9. The lowest BCUT2D eigenvalue weighted by Crippen LogP contribution is -2.15. The minimum Gasteiger partial charge on any atom is -0.310 e. The molecule has 6 heteroatoms. The van der Waals surface area contributed by atoms with Crippen molar-refractivity contribution in [2.45, 2.75) is 11.7 Å². The lowest BCUT2D eigenvalue weighted by Gasteiger charge is -2.15. The summed E-state index contributed by atoms with van der Waals surface area (Å²) in [5, 5.41) is 7.81. The molecule has 0 fully saturated rings. The van der Waals surface area contributed by atoms with E-state index in [-0.39, 0.29) is 11.2 Å². The maximum absolute atomic E-state index is 12.2. The number of nitrogens with one attached hydrogen (secondary N) is 1. The Morgan fingerprint density at radius 1 is 1.20 bits per heavy atom. The van der Waals surface area contributed by atoms with Gasteiger partial charge in [-0.25, -0.2) is 0 Å². The molecule has 1 aliphatic rings. The molecule has 5 nitrogen and oxygen atoms in total. The first-order valence-electron chi connectivity index (χ1n) is 8.16. The summed E-state index contributed by atoms with van der Waals surface area (Å²) in [5.41, 5.74) is 3.97. The number of carbonyl (C=O) groups is 1. The average molecular weight is 350 g/mol. The SMILES string of the molecule is Cn1nc(-c2ccccn2)c2c1NC(=O)CSC2Cc1ccccc1. The van der Waals surface area contributed by atoms with Crippen LogP contribution in [-0.4, -0.2) is 26.4 Å². The number of rotatable bonds is 3. The minimum atomic E-state index is 0.0115. The molecular weight excluding hydrogens is 332 g/mol. The predicted molar refractivity (Wildman–Crippen MR) is 100 cm³/mol. The van der Waals surface area contributed by atoms with E-state index in [1.54, 1.807) is 22.6 Å². The third-order valence-electron chi connectivity index (χ3n) is 4.25. The fourth-order valence-corrected chi connectivity index (χ4v) is 4.23. The van der Waals surface area contributed by atoms with Crippen LogP contribution in [0.2, 0.25) is 0 Å². The van der Waals surface area contributed by atoms with Gasteiger partial charge in [0.05, 0.1) is 11.4 Å². The number of hydrogen-bond donors (Lipinski definition) is 1. The number of hydrogen-bond acceptors (Lipinski definition) is 4. The molecule has 1 amide bonds. The second-order valence-corrected chi connectivity index (χ2v) is 7.18. The third kappa shape index (κ3) is 3.17. The number of anilines is 1. The Morgan fingerprint density at radius 2 is 2.00 bits per heavy atom. The standard InChI is InChI=1S/C19H18N4OS/c1-23-19-17(18(22-23)14-9-5-6-10-20-14)15(25-12-16(24)21-19)11-13-7-3-2-4-8-13/h2-10,15H,11-12H2,1H3,(H,21,24). The number of aryl methyl sites for hydroxylation is 1. The number of aromatic nitrogens is 3. The molecule has 3 aromatic rings. The molecule has 126 valence electrons. The molecule has 2 aromatic heterocycles. The maximum atomic E-state index is 12.2. The second-order valence-electron chi connectivity index (χ2n) is 5.99. The molecule has 25 heavy (non-hydrogen) atoms. The Labute approximate surface area is 150 Å². The van der Waals surface area contributed by atoms with E-state index in [0.717, 1.165) is 29.2 Å². The Balaban J connectivity index is 1.82. The van der Waals surface area contributed by atoms with Crippen molar-refractivity contribution < 1.29 is 4.79 Å². The Kier molecular flexibility index (Phi) is 4.28. The van der Waals surface area contributed by atoms with Crippen LogP contribution in [0.3, 0.4) is 0 Å². The van der Waals surface area contributed by atoms with Crippen LogP contribution < -0.4 is 5.32 Å². The first-order chi connectivity index (χ1) is 12.2. The van der Waals surface area contributed by atoms with Gasteiger partial charge in [0.25, 0.3) is 0 Å². The van der Waals surface area contributed by atoms with E-state index < -0.39 is 0 Å². The van der Waals surface area contributed by atoms with Gasteiger partial charge in [0.1, 0.15) is 11.5 Å². The van der Waals surface area contributed by atoms with Gasteiger partial charge in [-0.15, -0.1) is 11.8 Å². The Bertz CT molecular complexity index is 893. The van der Waals surface area contributed by atoms with Gasteiger partial charge >= 0.3 is 0 Å². The number of thioether (sulfide) groups is 1. The number of nitrogens with zero attached hydrogens (tertiary/aromatic N) is 3. The van der Waals surface area contributed by atoms with E-state index in [4.69, 9.17) is 0 Å². The molecule has 0 bridgehead atoms. The number of benzene rings is 1. The van der Waals surface area contributed by atoms with E-state index in [1.807, 2.05) is 43.4 Å². The number of carbonyl (C=O) groups excluding carboxylic acids is 1. The normalized spacial score (nSPS) is 16.8. The van der Waals surface area contributed by atoms with Gasteiger partial charge in [-0.2, -0.15) is 5.10 Å². The molecule has 0 radical (unpaired) electrons. The monoisotopic (exact) mass is 350 g/mol. The topological polar surface area (TPSA) is 59.8 Å². The summed E-state index contributed by atoms with van der Waals surface area (Å²) in [5.74, 6) is 1.22. The highest BCUT2D eigenvalue weighted by molar-refractivity contribution is 8.00. The fourth-order valence-electron chi connectivity index (χ4n) is 3.10. The summed E-state index contributed by atoms with van der Waals surface area (Å²) >= 11 is 1.66. The molecule has 0 aliphatic carbocycles. The zero-order valence-corrected chi connectivity index (χ0v) is 14.7. The minimum absolute atomic E-state index is 0.0115. The maximum Gasteiger partial charge on any atom is 0.235 e. The molecule has 1 unspecified atom stereocenters. The highest BCUT2D eigenvalue weighted by atomic mass is 32.2. The summed E-state index contributed by atoms with van der Waals surface area (Å²) in [6, 6.07) is 16.2. The molecular formula is C19H18N4OS. The van der Waals surface area contributed by atoms with E-state index in [1.165, 1.54) is 5.56 Å². The van der Waals surface area contributed by atoms with Crippen LogP contribution in [0.1, 0.15) is 16.4 Å². The van der Waals surface area contributed by atoms with E-state index in [2.05, 4.69) is 27.5 Å². The number of fused-ring (bicyclic) bond motifs is 1. The van der Waals surface area contributed by atoms with Gasteiger partial charge in [0.2, 0.25) is 5.91 Å². The van der Waals surface area contributed by atoms with Crippen LogP contribution in [0.5, 0.6) is 0 Å². The zero-order chi connectivity index (χ0) is 17.2. The van der Waals surface area contributed by atoms with Crippen LogP contribution >= 0.6 is 11.8 Å². The summed E-state index contributed by atoms with van der Waals surface area (Å²) in [4.78, 5) is 16.6. The number of amides is 1. The van der Waals surface area contributed by atoms with E-state index >= 15 is 0 Å². The van der Waals surface area contributed by atoms with Crippen LogP contribution in [0.4, 0.5) is 5.82 Å². The van der Waals surface area contributed by atoms with Gasteiger partial charge in [-0.1, -0.05) is 36.4 Å². The van der Waals surface area contributed by atoms with Crippen molar-refractivity contribution in [1.82, 2.24) is 14.8 Å². The molecule has 1 aromatic carbocycles. The lowest BCUT2D eigenvalue weighted by atomic mass is 10.0. The van der Waals surface area contributed by atoms with E-state index in [0.29, 0.717) is 5.75 Å². The summed E-state index contributed by atoms with van der Waals surface area (Å²) < 4.78 is 1.75. The fraction of sp³-hybridized carbons (Fsp3) is 0.211. The summed E-state index contributed by atoms with van der Waals surface area (Å²) in [7, 11) is 1.86. The average Bonchev–Trinajstić information content (AvgIpc) is 2.87. The molecule has 1 aliphatic heterocycles. The molecule has 0 saturated heterocycles. The smallest absolute Gasteiger partial charge is 0.235 e. The Morgan fingerprint density at radius 3 is 2.76 bits per heavy atom. The highest BCUT2D eigenvalue weighted by Gasteiger charge is 2.30. The zero-order valence-electron chi connectivity index (χ0n) is 13.8. The van der Waals surface area contributed by atoms with Crippen molar-refractivity contribution in [2.75, 3.05) is 11.1 Å². The summed E-state index contributed by atoms with van der Waals surface area (Å²) in [6.45, 7) is 0. The van der Waals surface area contributed by atoms with Crippen molar-refractivity contribution in [3.8, 4) is 11.4 Å². The van der Waals surface area contributed by atoms with Crippen LogP contribution in [0.15, 0.2) is 54.7 Å². The van der Waals surface area contributed by atoms with Gasteiger partial charge in [-0.3, -0.25) is 14.5 Å². The highest BCUT2D eigenvalue weighted by Crippen LogP contribution is 2.43. The van der Waals surface area contributed by atoms with Crippen molar-refractivity contribution in [3.63, 3.8) is 0 Å². The molecule has 1 atom stereocenters. The molecule has 4 rings (SSSR count). The van der Waals surface area contributed by atoms with Crippen molar-refractivity contribution in [2.24, 2.45) is 7.05 Å². The molecule has 1 N–H and O–H groups in total. The van der Waals surface area contributed by atoms with Gasteiger partial charge < -0.3 is 5.32 Å². The molecule has 0 saturated carbocycles. The summed E-state index contributed by atoms with van der Waals surface area (Å²) in [6.07, 6.45) is 2.62. The lowest BCUT2D eigenvalue weighted by molar-refractivity contribution is -0.113. The molecule has 3 heterocycles. The van der Waals surface area contributed by atoms with Gasteiger partial charge in [0.15, 0.2) is 0 Å². The van der Waals surface area contributed by atoms with Crippen LogP contribution in [0.25, 0.3) is 11.4 Å². The first-order valence-corrected chi connectivity index (χ1v) is 9.21. The quantitative estimate of drug-likeness (QED) is 0.786. The van der Waals surface area contributed by atoms with Gasteiger partial charge in [0, 0.05) is 24.1 Å². The largest absolute Gasteiger partial charge is 0.310 e. The van der Waals surface area contributed by atoms with Crippen molar-refractivity contribution >= 4 is 23.5 Å². The predicted octanol–water partition coefficient (Wildman–Crippen LogP) is 3.45. The third-order valence-corrected chi connectivity index (χ3v) is 5.48. The van der Waals surface area contributed by atoms with Crippen LogP contribution in [-0.2, 0) is 18.3 Å². The Hall–Kier alpha value is -2.60. The second kappa shape index (κ2) is 6.72. The van der Waals surface area contributed by atoms with Crippen molar-refractivity contribution in [1.29, 1.82) is 0 Å². The van der Waals surface area contributed by atoms with Gasteiger partial charge in [-0.05, 0) is 24.1 Å². The molecule has 0 spiro atoms. The van der Waals surface area contributed by atoms with Crippen molar-refractivity contribution in [3.05, 3.63) is 65.9 Å². The van der Waals surface area contributed by atoms with E-state index in [9.17, 15) is 4.79 Å². The number of pyridine rings is 1. The van der Waals surface area contributed by atoms with Crippen LogP contribution in [0, 0.1) is 0 Å².